The van der Waals surface area contributed by atoms with Gasteiger partial charge in [0.1, 0.15) is 0 Å². The number of hydrogen-bond donors (Lipinski definition) is 1. The first-order valence-corrected chi connectivity index (χ1v) is 4.62. The zero-order chi connectivity index (χ0) is 9.84. The Morgan fingerprint density at radius 3 is 2.54 bits per heavy atom. The van der Waals surface area contributed by atoms with Crippen LogP contribution in [-0.2, 0) is 6.42 Å². The molecule has 0 aliphatic carbocycles. The van der Waals surface area contributed by atoms with E-state index in [9.17, 15) is 0 Å². The van der Waals surface area contributed by atoms with Crippen molar-refractivity contribution in [2.45, 2.75) is 13.3 Å². The van der Waals surface area contributed by atoms with E-state index in [-0.39, 0.29) is 0 Å². The number of aryl methyl sites for hydroxylation is 1. The van der Waals surface area contributed by atoms with E-state index in [1.54, 1.807) is 0 Å². The molecule has 0 saturated heterocycles. The quantitative estimate of drug-likeness (QED) is 0.761. The minimum absolute atomic E-state index is 0.713. The van der Waals surface area contributed by atoms with Gasteiger partial charge in [-0.1, -0.05) is 17.7 Å². The molecule has 13 heavy (non-hydrogen) atoms. The standard InChI is InChI=1S/C11H18N2/c1-9-4-5-11(13(2)3)10(8-9)6-7-12/h4-5,8H,6-7,12H2,1-3H3. The number of rotatable bonds is 3. The van der Waals surface area contributed by atoms with Crippen molar-refractivity contribution in [2.75, 3.05) is 25.5 Å². The van der Waals surface area contributed by atoms with Crippen LogP contribution in [0.4, 0.5) is 5.69 Å². The molecule has 0 amide bonds. The third kappa shape index (κ3) is 2.46. The Kier molecular flexibility index (Phi) is 3.32. The molecule has 0 unspecified atom stereocenters. The van der Waals surface area contributed by atoms with E-state index in [0.717, 1.165) is 6.42 Å². The van der Waals surface area contributed by atoms with Crippen molar-refractivity contribution >= 4 is 5.69 Å². The van der Waals surface area contributed by atoms with Crippen LogP contribution in [0.5, 0.6) is 0 Å². The number of anilines is 1. The molecule has 0 radical (unpaired) electrons. The predicted molar refractivity (Wildman–Crippen MR) is 58.3 cm³/mol. The fourth-order valence-electron chi connectivity index (χ4n) is 1.51. The van der Waals surface area contributed by atoms with Crippen molar-refractivity contribution in [1.82, 2.24) is 0 Å². The third-order valence-electron chi connectivity index (χ3n) is 2.13. The lowest BCUT2D eigenvalue weighted by atomic mass is 10.1. The number of nitrogens with zero attached hydrogens (tertiary/aromatic N) is 1. The highest BCUT2D eigenvalue weighted by Crippen LogP contribution is 2.19. The van der Waals surface area contributed by atoms with E-state index in [4.69, 9.17) is 5.73 Å². The summed E-state index contributed by atoms with van der Waals surface area (Å²) in [6, 6.07) is 6.50. The second-order valence-corrected chi connectivity index (χ2v) is 3.57. The summed E-state index contributed by atoms with van der Waals surface area (Å²) in [5.41, 5.74) is 9.48. The van der Waals surface area contributed by atoms with Crippen molar-refractivity contribution in [3.8, 4) is 0 Å². The minimum atomic E-state index is 0.713. The van der Waals surface area contributed by atoms with Crippen molar-refractivity contribution in [2.24, 2.45) is 5.73 Å². The Morgan fingerprint density at radius 1 is 1.31 bits per heavy atom. The van der Waals surface area contributed by atoms with Crippen LogP contribution in [-0.4, -0.2) is 20.6 Å². The number of hydrogen-bond acceptors (Lipinski definition) is 2. The Morgan fingerprint density at radius 2 is 2.00 bits per heavy atom. The van der Waals surface area contributed by atoms with Gasteiger partial charge >= 0.3 is 0 Å². The maximum Gasteiger partial charge on any atom is 0.0394 e. The summed E-state index contributed by atoms with van der Waals surface area (Å²) in [6.07, 6.45) is 0.954. The molecule has 1 rings (SSSR count). The summed E-state index contributed by atoms with van der Waals surface area (Å²) in [7, 11) is 4.12. The Labute approximate surface area is 80.4 Å². The van der Waals surface area contributed by atoms with Gasteiger partial charge in [0.2, 0.25) is 0 Å². The Bertz CT molecular complexity index is 279. The normalized spacial score (nSPS) is 10.2. The molecule has 1 aromatic carbocycles. The van der Waals surface area contributed by atoms with Crippen LogP contribution in [0.1, 0.15) is 11.1 Å². The highest BCUT2D eigenvalue weighted by atomic mass is 15.1. The molecular weight excluding hydrogens is 160 g/mol. The van der Waals surface area contributed by atoms with Crippen LogP contribution < -0.4 is 10.6 Å². The van der Waals surface area contributed by atoms with Gasteiger partial charge in [0.15, 0.2) is 0 Å². The fourth-order valence-corrected chi connectivity index (χ4v) is 1.51. The largest absolute Gasteiger partial charge is 0.377 e. The first kappa shape index (κ1) is 10.1. The number of nitrogens with two attached hydrogens (primary N) is 1. The highest BCUT2D eigenvalue weighted by molar-refractivity contribution is 5.54. The maximum absolute atomic E-state index is 5.56. The average Bonchev–Trinajstić information content (AvgIpc) is 2.04. The first-order valence-electron chi connectivity index (χ1n) is 4.62. The highest BCUT2D eigenvalue weighted by Gasteiger charge is 2.03. The summed E-state index contributed by atoms with van der Waals surface area (Å²) in [4.78, 5) is 2.13. The monoisotopic (exact) mass is 178 g/mol. The van der Waals surface area contributed by atoms with Gasteiger partial charge in [-0.05, 0) is 31.5 Å². The second kappa shape index (κ2) is 4.28. The van der Waals surface area contributed by atoms with Gasteiger partial charge in [-0.2, -0.15) is 0 Å². The van der Waals surface area contributed by atoms with Crippen LogP contribution in [0.15, 0.2) is 18.2 Å². The summed E-state index contributed by atoms with van der Waals surface area (Å²) < 4.78 is 0. The van der Waals surface area contributed by atoms with Crippen LogP contribution in [0.3, 0.4) is 0 Å². The molecule has 72 valence electrons. The van der Waals surface area contributed by atoms with Gasteiger partial charge < -0.3 is 10.6 Å². The molecule has 0 aromatic heterocycles. The smallest absolute Gasteiger partial charge is 0.0394 e. The third-order valence-corrected chi connectivity index (χ3v) is 2.13. The lowest BCUT2D eigenvalue weighted by molar-refractivity contribution is 0.952. The molecule has 0 atom stereocenters. The molecule has 0 aliphatic rings. The molecule has 2 N–H and O–H groups in total. The molecule has 2 heteroatoms. The summed E-state index contributed by atoms with van der Waals surface area (Å²) >= 11 is 0. The molecule has 0 bridgehead atoms. The molecule has 0 saturated carbocycles. The van der Waals surface area contributed by atoms with E-state index in [1.807, 2.05) is 0 Å². The van der Waals surface area contributed by atoms with Crippen molar-refractivity contribution in [3.05, 3.63) is 29.3 Å². The minimum Gasteiger partial charge on any atom is -0.377 e. The zero-order valence-corrected chi connectivity index (χ0v) is 8.67. The van der Waals surface area contributed by atoms with Crippen molar-refractivity contribution in [1.29, 1.82) is 0 Å². The number of benzene rings is 1. The summed E-state index contributed by atoms with van der Waals surface area (Å²) in [5.74, 6) is 0. The van der Waals surface area contributed by atoms with E-state index in [0.29, 0.717) is 6.54 Å². The topological polar surface area (TPSA) is 29.3 Å². The van der Waals surface area contributed by atoms with Gasteiger partial charge in [0, 0.05) is 19.8 Å². The molecule has 0 aliphatic heterocycles. The van der Waals surface area contributed by atoms with Gasteiger partial charge in [-0.3, -0.25) is 0 Å². The molecule has 0 fully saturated rings. The van der Waals surface area contributed by atoms with Gasteiger partial charge in [0.25, 0.3) is 0 Å². The van der Waals surface area contributed by atoms with Gasteiger partial charge in [-0.25, -0.2) is 0 Å². The van der Waals surface area contributed by atoms with Gasteiger partial charge in [0.05, 0.1) is 0 Å². The summed E-state index contributed by atoms with van der Waals surface area (Å²) in [6.45, 7) is 2.82. The van der Waals surface area contributed by atoms with Crippen LogP contribution in [0, 0.1) is 6.92 Å². The van der Waals surface area contributed by atoms with Crippen LogP contribution >= 0.6 is 0 Å². The second-order valence-electron chi connectivity index (χ2n) is 3.57. The van der Waals surface area contributed by atoms with E-state index < -0.39 is 0 Å². The Balaban J connectivity index is 3.03. The molecule has 2 nitrogen and oxygen atoms in total. The maximum atomic E-state index is 5.56. The summed E-state index contributed by atoms with van der Waals surface area (Å²) in [5, 5.41) is 0. The SMILES string of the molecule is Cc1ccc(N(C)C)c(CCN)c1. The zero-order valence-electron chi connectivity index (χ0n) is 8.67. The van der Waals surface area contributed by atoms with Gasteiger partial charge in [-0.15, -0.1) is 0 Å². The van der Waals surface area contributed by atoms with Crippen LogP contribution in [0.25, 0.3) is 0 Å². The predicted octanol–water partition coefficient (Wildman–Crippen LogP) is 1.56. The molecule has 0 spiro atoms. The molecule has 0 heterocycles. The average molecular weight is 178 g/mol. The lowest BCUT2D eigenvalue weighted by Gasteiger charge is -2.17. The Hall–Kier alpha value is -1.02. The fraction of sp³-hybridized carbons (Fsp3) is 0.455. The molecular formula is C11H18N2. The van der Waals surface area contributed by atoms with Crippen molar-refractivity contribution < 1.29 is 0 Å². The van der Waals surface area contributed by atoms with E-state index in [2.05, 4.69) is 44.1 Å². The van der Waals surface area contributed by atoms with E-state index in [1.165, 1.54) is 16.8 Å². The van der Waals surface area contributed by atoms with E-state index >= 15 is 0 Å². The lowest BCUT2D eigenvalue weighted by Crippen LogP contribution is -2.13. The molecule has 1 aromatic rings. The van der Waals surface area contributed by atoms with Crippen LogP contribution in [0.2, 0.25) is 0 Å². The van der Waals surface area contributed by atoms with Crippen molar-refractivity contribution in [3.63, 3.8) is 0 Å². The first-order chi connectivity index (χ1) is 6.15.